The van der Waals surface area contributed by atoms with Gasteiger partial charge in [-0.3, -0.25) is 9.69 Å². The highest BCUT2D eigenvalue weighted by atomic mass is 19.1. The summed E-state index contributed by atoms with van der Waals surface area (Å²) in [6, 6.07) is 13.8. The molecule has 0 fully saturated rings. The summed E-state index contributed by atoms with van der Waals surface area (Å²) >= 11 is 0. The zero-order valence-electron chi connectivity index (χ0n) is 22.0. The number of rotatable bonds is 10. The molecule has 0 radical (unpaired) electrons. The summed E-state index contributed by atoms with van der Waals surface area (Å²) in [4.78, 5) is 17.6. The Morgan fingerprint density at radius 2 is 1.97 bits per heavy atom. The van der Waals surface area contributed by atoms with E-state index < -0.39 is 11.9 Å². The van der Waals surface area contributed by atoms with E-state index in [1.54, 1.807) is 13.0 Å². The number of ether oxygens (including phenoxy) is 2. The molecule has 0 bridgehead atoms. The molecule has 0 saturated carbocycles. The third-order valence-electron chi connectivity index (χ3n) is 7.16. The maximum absolute atomic E-state index is 14.9. The number of aromatic nitrogens is 1. The van der Waals surface area contributed by atoms with Crippen LogP contribution in [0.5, 0.6) is 11.6 Å². The van der Waals surface area contributed by atoms with Gasteiger partial charge in [0.2, 0.25) is 5.88 Å². The van der Waals surface area contributed by atoms with Gasteiger partial charge in [0.15, 0.2) is 0 Å². The summed E-state index contributed by atoms with van der Waals surface area (Å²) in [5.74, 6) is -0.471. The number of nitrogens with zero attached hydrogens (tertiary/aromatic N) is 2. The molecule has 0 amide bonds. The van der Waals surface area contributed by atoms with Crippen LogP contribution < -0.4 is 9.47 Å². The predicted molar refractivity (Wildman–Crippen MR) is 141 cm³/mol. The summed E-state index contributed by atoms with van der Waals surface area (Å²) in [5.41, 5.74) is 5.43. The van der Waals surface area contributed by atoms with Crippen LogP contribution in [0.25, 0.3) is 11.1 Å². The number of hydrogen-bond donors (Lipinski definition) is 1. The van der Waals surface area contributed by atoms with E-state index in [-0.39, 0.29) is 11.9 Å². The molecule has 1 aromatic heterocycles. The number of fused-ring (bicyclic) bond motifs is 1. The van der Waals surface area contributed by atoms with Gasteiger partial charge in [0.25, 0.3) is 0 Å². The second-order valence-electron chi connectivity index (χ2n) is 9.62. The Morgan fingerprint density at radius 1 is 1.19 bits per heavy atom. The fourth-order valence-electron chi connectivity index (χ4n) is 4.85. The van der Waals surface area contributed by atoms with Gasteiger partial charge in [-0.15, -0.1) is 0 Å². The van der Waals surface area contributed by atoms with Gasteiger partial charge in [-0.25, -0.2) is 9.37 Å². The highest BCUT2D eigenvalue weighted by Crippen LogP contribution is 2.38. The molecule has 2 unspecified atom stereocenters. The number of halogens is 1. The Bertz CT molecular complexity index is 1260. The lowest BCUT2D eigenvalue weighted by Crippen LogP contribution is -2.23. The molecule has 0 spiro atoms. The zero-order valence-corrected chi connectivity index (χ0v) is 22.0. The summed E-state index contributed by atoms with van der Waals surface area (Å²) in [6.07, 6.45) is 3.23. The van der Waals surface area contributed by atoms with Crippen molar-refractivity contribution < 1.29 is 23.8 Å². The number of aryl methyl sites for hydroxylation is 1. The normalized spacial score (nSPS) is 15.7. The number of benzene rings is 2. The predicted octanol–water partition coefficient (Wildman–Crippen LogP) is 6.07. The van der Waals surface area contributed by atoms with E-state index in [4.69, 9.17) is 9.47 Å². The lowest BCUT2D eigenvalue weighted by Gasteiger charge is -2.28. The zero-order chi connectivity index (χ0) is 26.5. The first-order valence-electron chi connectivity index (χ1n) is 12.9. The third-order valence-corrected chi connectivity index (χ3v) is 7.16. The number of methoxy groups -OCH3 is 1. The first-order chi connectivity index (χ1) is 17.8. The second-order valence-corrected chi connectivity index (χ2v) is 9.62. The SMILES string of the molecule is CCN(CC)Cc1cc(C2CCc3ccc(CC(C)C(=O)O)cc3O2)ccc1-c1cc(OC)ncc1F. The number of carbonyl (C=O) groups is 1. The van der Waals surface area contributed by atoms with E-state index in [1.807, 2.05) is 30.3 Å². The lowest BCUT2D eigenvalue weighted by atomic mass is 9.91. The van der Waals surface area contributed by atoms with Gasteiger partial charge in [-0.2, -0.15) is 0 Å². The molecule has 37 heavy (non-hydrogen) atoms. The van der Waals surface area contributed by atoms with Crippen molar-refractivity contribution in [2.75, 3.05) is 20.2 Å². The van der Waals surface area contributed by atoms with Crippen LogP contribution in [0.1, 0.15) is 55.5 Å². The molecule has 1 N–H and O–H groups in total. The summed E-state index contributed by atoms with van der Waals surface area (Å²) in [5, 5.41) is 9.28. The van der Waals surface area contributed by atoms with Crippen LogP contribution in [-0.4, -0.2) is 41.2 Å². The van der Waals surface area contributed by atoms with E-state index >= 15 is 0 Å². The maximum Gasteiger partial charge on any atom is 0.306 e. The molecule has 2 atom stereocenters. The molecular weight excluding hydrogens is 471 g/mol. The molecule has 1 aliphatic heterocycles. The van der Waals surface area contributed by atoms with Gasteiger partial charge in [0, 0.05) is 18.2 Å². The molecule has 0 aliphatic carbocycles. The Labute approximate surface area is 218 Å². The highest BCUT2D eigenvalue weighted by molar-refractivity contribution is 5.70. The number of aliphatic carboxylic acids is 1. The van der Waals surface area contributed by atoms with Crippen molar-refractivity contribution in [3.8, 4) is 22.8 Å². The molecule has 6 nitrogen and oxygen atoms in total. The van der Waals surface area contributed by atoms with Crippen LogP contribution in [-0.2, 0) is 24.2 Å². The van der Waals surface area contributed by atoms with Gasteiger partial charge >= 0.3 is 5.97 Å². The van der Waals surface area contributed by atoms with Crippen molar-refractivity contribution in [2.24, 2.45) is 5.92 Å². The van der Waals surface area contributed by atoms with Crippen molar-refractivity contribution >= 4 is 5.97 Å². The number of pyridine rings is 1. The number of carboxylic acids is 1. The fraction of sp³-hybridized carbons (Fsp3) is 0.400. The van der Waals surface area contributed by atoms with E-state index in [9.17, 15) is 14.3 Å². The van der Waals surface area contributed by atoms with Crippen LogP contribution in [0.3, 0.4) is 0 Å². The van der Waals surface area contributed by atoms with Crippen molar-refractivity contribution in [1.82, 2.24) is 9.88 Å². The molecule has 196 valence electrons. The van der Waals surface area contributed by atoms with Crippen LogP contribution in [0.2, 0.25) is 0 Å². The van der Waals surface area contributed by atoms with Gasteiger partial charge in [0.05, 0.1) is 19.2 Å². The highest BCUT2D eigenvalue weighted by Gasteiger charge is 2.24. The monoisotopic (exact) mass is 506 g/mol. The Hall–Kier alpha value is -3.45. The largest absolute Gasteiger partial charge is 0.485 e. The Balaban J connectivity index is 1.67. The van der Waals surface area contributed by atoms with Gasteiger partial charge in [-0.1, -0.05) is 51.1 Å². The molecule has 4 rings (SSSR count). The molecular formula is C30H35FN2O4. The molecule has 2 heterocycles. The van der Waals surface area contributed by atoms with Crippen molar-refractivity contribution in [3.63, 3.8) is 0 Å². The molecule has 7 heteroatoms. The number of hydrogen-bond acceptors (Lipinski definition) is 5. The van der Waals surface area contributed by atoms with E-state index in [0.29, 0.717) is 24.4 Å². The third kappa shape index (κ3) is 6.10. The second kappa shape index (κ2) is 11.7. The van der Waals surface area contributed by atoms with Crippen LogP contribution >= 0.6 is 0 Å². The van der Waals surface area contributed by atoms with Crippen molar-refractivity contribution in [1.29, 1.82) is 0 Å². The minimum Gasteiger partial charge on any atom is -0.485 e. The van der Waals surface area contributed by atoms with E-state index in [0.717, 1.165) is 59.5 Å². The summed E-state index contributed by atoms with van der Waals surface area (Å²) in [6.45, 7) is 8.40. The molecule has 3 aromatic rings. The lowest BCUT2D eigenvalue weighted by molar-refractivity contribution is -0.141. The summed E-state index contributed by atoms with van der Waals surface area (Å²) in [7, 11) is 1.52. The topological polar surface area (TPSA) is 71.9 Å². The quantitative estimate of drug-likeness (QED) is 0.360. The fourth-order valence-corrected chi connectivity index (χ4v) is 4.85. The van der Waals surface area contributed by atoms with Crippen molar-refractivity contribution in [3.05, 3.63) is 76.7 Å². The van der Waals surface area contributed by atoms with E-state index in [2.05, 4.69) is 29.8 Å². The first kappa shape index (κ1) is 26.6. The first-order valence-corrected chi connectivity index (χ1v) is 12.9. The van der Waals surface area contributed by atoms with Crippen LogP contribution in [0, 0.1) is 11.7 Å². The standard InChI is InChI=1S/C30H35FN2O4/c1-5-33(6-2)18-23-15-22(9-11-24(23)25-16-29(36-4)32-17-26(25)31)27-12-10-21-8-7-20(14-28(21)37-27)13-19(3)30(34)35/h7-9,11,14-17,19,27H,5-6,10,12-13,18H2,1-4H3,(H,34,35). The average molecular weight is 507 g/mol. The maximum atomic E-state index is 14.9. The summed E-state index contributed by atoms with van der Waals surface area (Å²) < 4.78 is 26.6. The number of carboxylic acid groups (broad SMARTS) is 1. The average Bonchev–Trinajstić information content (AvgIpc) is 2.91. The Morgan fingerprint density at radius 3 is 2.68 bits per heavy atom. The van der Waals surface area contributed by atoms with Crippen LogP contribution in [0.15, 0.2) is 48.7 Å². The molecule has 0 saturated heterocycles. The van der Waals surface area contributed by atoms with Gasteiger partial charge in [-0.05, 0) is 66.2 Å². The minimum absolute atomic E-state index is 0.138. The Kier molecular flexibility index (Phi) is 8.44. The minimum atomic E-state index is -0.805. The van der Waals surface area contributed by atoms with Gasteiger partial charge < -0.3 is 14.6 Å². The van der Waals surface area contributed by atoms with E-state index in [1.165, 1.54) is 13.3 Å². The van der Waals surface area contributed by atoms with Gasteiger partial charge in [0.1, 0.15) is 17.7 Å². The van der Waals surface area contributed by atoms with Crippen LogP contribution in [0.4, 0.5) is 4.39 Å². The molecule has 2 aromatic carbocycles. The van der Waals surface area contributed by atoms with Crippen molar-refractivity contribution in [2.45, 2.75) is 52.7 Å². The smallest absolute Gasteiger partial charge is 0.306 e. The molecule has 1 aliphatic rings.